The van der Waals surface area contributed by atoms with E-state index in [1.807, 2.05) is 0 Å². The van der Waals surface area contributed by atoms with Crippen molar-refractivity contribution < 1.29 is 9.53 Å². The number of carbonyl (C=O) groups is 1. The van der Waals surface area contributed by atoms with Gasteiger partial charge in [0.2, 0.25) is 0 Å². The number of hydrogen-bond donors (Lipinski definition) is 1. The first kappa shape index (κ1) is 13.4. The maximum Gasteiger partial charge on any atom is 0.325 e. The Morgan fingerprint density at radius 2 is 2.47 bits per heavy atom. The number of nitrogens with zero attached hydrogens (tertiary/aromatic N) is 2. The van der Waals surface area contributed by atoms with Crippen molar-refractivity contribution in [2.45, 2.75) is 6.54 Å². The molecule has 0 saturated heterocycles. The molecule has 0 saturated carbocycles. The number of nitrogens with one attached hydrogen (secondary N) is 1. The van der Waals surface area contributed by atoms with Crippen LogP contribution in [0.25, 0.3) is 0 Å². The van der Waals surface area contributed by atoms with Gasteiger partial charge in [-0.1, -0.05) is 6.08 Å². The summed E-state index contributed by atoms with van der Waals surface area (Å²) in [6, 6.07) is 0. The number of allylic oxidation sites excluding steroid dienone is 1. The smallest absolute Gasteiger partial charge is 0.325 e. The molecule has 1 aromatic heterocycles. The van der Waals surface area contributed by atoms with E-state index in [9.17, 15) is 9.59 Å². The summed E-state index contributed by atoms with van der Waals surface area (Å²) in [4.78, 5) is 22.7. The number of anilines is 1. The highest BCUT2D eigenvalue weighted by Gasteiger charge is 2.09. The van der Waals surface area contributed by atoms with Crippen LogP contribution < -0.4 is 10.9 Å². The van der Waals surface area contributed by atoms with Gasteiger partial charge in [0.25, 0.3) is 5.56 Å². The summed E-state index contributed by atoms with van der Waals surface area (Å²) in [6.45, 7) is 3.83. The topological polar surface area (TPSA) is 73.2 Å². The van der Waals surface area contributed by atoms with Crippen LogP contribution in [0.3, 0.4) is 0 Å². The summed E-state index contributed by atoms with van der Waals surface area (Å²) in [6.07, 6.45) is 3.03. The zero-order chi connectivity index (χ0) is 12.8. The fourth-order valence-corrected chi connectivity index (χ4v) is 1.53. The van der Waals surface area contributed by atoms with E-state index in [1.165, 1.54) is 18.0 Å². The Morgan fingerprint density at radius 1 is 1.76 bits per heavy atom. The molecule has 0 aliphatic heterocycles. The normalized spacial score (nSPS) is 9.76. The molecule has 0 aliphatic carbocycles. The lowest BCUT2D eigenvalue weighted by molar-refractivity contribution is -0.138. The number of esters is 1. The zero-order valence-electron chi connectivity index (χ0n) is 9.27. The molecular formula is C10H12BrN3O3. The molecule has 0 amide bonds. The predicted octanol–water partition coefficient (Wildman–Crippen LogP) is 0.777. The zero-order valence-corrected chi connectivity index (χ0v) is 10.9. The lowest BCUT2D eigenvalue weighted by Gasteiger charge is -2.08. The van der Waals surface area contributed by atoms with Gasteiger partial charge in [0, 0.05) is 0 Å². The molecule has 0 fully saturated rings. The van der Waals surface area contributed by atoms with E-state index in [0.717, 1.165) is 0 Å². The Morgan fingerprint density at radius 3 is 3.06 bits per heavy atom. The summed E-state index contributed by atoms with van der Waals surface area (Å²) in [5, 5.41) is 6.67. The van der Waals surface area contributed by atoms with Crippen molar-refractivity contribution >= 4 is 27.6 Å². The lowest BCUT2D eigenvalue weighted by atomic mass is 10.4. The largest absolute Gasteiger partial charge is 0.468 e. The number of hydrogen-bond acceptors (Lipinski definition) is 5. The fraction of sp³-hybridized carbons (Fsp3) is 0.300. The summed E-state index contributed by atoms with van der Waals surface area (Å²) in [5.41, 5.74) is 0.153. The number of rotatable bonds is 5. The minimum absolute atomic E-state index is 0.0261. The van der Waals surface area contributed by atoms with Gasteiger partial charge in [0.15, 0.2) is 0 Å². The third kappa shape index (κ3) is 3.42. The highest BCUT2D eigenvalue weighted by atomic mass is 79.9. The van der Waals surface area contributed by atoms with Crippen LogP contribution in [0.4, 0.5) is 5.69 Å². The predicted molar refractivity (Wildman–Crippen MR) is 66.9 cm³/mol. The van der Waals surface area contributed by atoms with Crippen LogP contribution >= 0.6 is 15.9 Å². The third-order valence-corrected chi connectivity index (χ3v) is 2.70. The van der Waals surface area contributed by atoms with E-state index in [1.54, 1.807) is 6.08 Å². The average Bonchev–Trinajstić information content (AvgIpc) is 2.34. The molecule has 1 N–H and O–H groups in total. The standard InChI is InChI=1S/C10H12BrN3O3/c1-3-4-14-10(16)9(11)7(5-13-14)12-6-8(15)17-2/h3,5,12H,1,4,6H2,2H3. The maximum absolute atomic E-state index is 11.7. The molecule has 0 bridgehead atoms. The van der Waals surface area contributed by atoms with Crippen molar-refractivity contribution in [3.63, 3.8) is 0 Å². The molecule has 1 rings (SSSR count). The van der Waals surface area contributed by atoms with Gasteiger partial charge >= 0.3 is 5.97 Å². The van der Waals surface area contributed by atoms with Crippen molar-refractivity contribution in [3.8, 4) is 0 Å². The Bertz CT molecular complexity index is 484. The molecule has 6 nitrogen and oxygen atoms in total. The van der Waals surface area contributed by atoms with E-state index in [-0.39, 0.29) is 12.1 Å². The monoisotopic (exact) mass is 301 g/mol. The van der Waals surface area contributed by atoms with Crippen molar-refractivity contribution in [1.82, 2.24) is 9.78 Å². The third-order valence-electron chi connectivity index (χ3n) is 1.94. The van der Waals surface area contributed by atoms with Crippen LogP contribution in [0.1, 0.15) is 0 Å². The van der Waals surface area contributed by atoms with Gasteiger partial charge in [0.05, 0.1) is 25.5 Å². The minimum atomic E-state index is -0.424. The Hall–Kier alpha value is -1.63. The summed E-state index contributed by atoms with van der Waals surface area (Å²) >= 11 is 3.15. The quantitative estimate of drug-likeness (QED) is 0.642. The minimum Gasteiger partial charge on any atom is -0.468 e. The van der Waals surface area contributed by atoms with Gasteiger partial charge in [0.1, 0.15) is 11.0 Å². The van der Waals surface area contributed by atoms with Gasteiger partial charge in [-0.3, -0.25) is 9.59 Å². The van der Waals surface area contributed by atoms with Crippen LogP contribution in [0.15, 0.2) is 28.1 Å². The van der Waals surface area contributed by atoms with Gasteiger partial charge < -0.3 is 10.1 Å². The second-order valence-electron chi connectivity index (χ2n) is 3.08. The van der Waals surface area contributed by atoms with E-state index >= 15 is 0 Å². The summed E-state index contributed by atoms with van der Waals surface area (Å²) in [5.74, 6) is -0.424. The number of carbonyl (C=O) groups excluding carboxylic acids is 1. The molecule has 0 aromatic carbocycles. The Kier molecular flexibility index (Phi) is 4.89. The first-order valence-electron chi connectivity index (χ1n) is 4.77. The summed E-state index contributed by atoms with van der Waals surface area (Å²) < 4.78 is 6.04. The van der Waals surface area contributed by atoms with E-state index < -0.39 is 5.97 Å². The van der Waals surface area contributed by atoms with E-state index in [0.29, 0.717) is 16.7 Å². The van der Waals surface area contributed by atoms with Crippen molar-refractivity contribution in [2.24, 2.45) is 0 Å². The highest BCUT2D eigenvalue weighted by Crippen LogP contribution is 2.15. The second kappa shape index (κ2) is 6.19. The molecule has 92 valence electrons. The molecule has 17 heavy (non-hydrogen) atoms. The first-order valence-corrected chi connectivity index (χ1v) is 5.56. The lowest BCUT2D eigenvalue weighted by Crippen LogP contribution is -2.25. The molecule has 1 heterocycles. The first-order chi connectivity index (χ1) is 8.10. The molecule has 0 aliphatic rings. The van der Waals surface area contributed by atoms with Gasteiger partial charge in [-0.15, -0.1) is 6.58 Å². The van der Waals surface area contributed by atoms with Gasteiger partial charge in [-0.25, -0.2) is 4.68 Å². The molecule has 7 heteroatoms. The second-order valence-corrected chi connectivity index (χ2v) is 3.87. The molecule has 1 aromatic rings. The van der Waals surface area contributed by atoms with Crippen LogP contribution in [0.2, 0.25) is 0 Å². The number of halogens is 1. The Labute approximate surface area is 106 Å². The summed E-state index contributed by atoms with van der Waals surface area (Å²) in [7, 11) is 1.29. The number of ether oxygens (including phenoxy) is 1. The van der Waals surface area contributed by atoms with Crippen molar-refractivity contribution in [2.75, 3.05) is 19.0 Å². The highest BCUT2D eigenvalue weighted by molar-refractivity contribution is 9.10. The van der Waals surface area contributed by atoms with Gasteiger partial charge in [-0.2, -0.15) is 5.10 Å². The van der Waals surface area contributed by atoms with Crippen molar-refractivity contribution in [3.05, 3.63) is 33.7 Å². The van der Waals surface area contributed by atoms with Crippen LogP contribution in [-0.2, 0) is 16.1 Å². The molecular weight excluding hydrogens is 290 g/mol. The van der Waals surface area contributed by atoms with Crippen molar-refractivity contribution in [1.29, 1.82) is 0 Å². The Balaban J connectivity index is 2.89. The average molecular weight is 302 g/mol. The maximum atomic E-state index is 11.7. The number of methoxy groups -OCH3 is 1. The fourth-order valence-electron chi connectivity index (χ4n) is 1.08. The van der Waals surface area contributed by atoms with E-state index in [2.05, 4.69) is 37.7 Å². The van der Waals surface area contributed by atoms with Gasteiger partial charge in [-0.05, 0) is 15.9 Å². The van der Waals surface area contributed by atoms with Crippen LogP contribution in [0.5, 0.6) is 0 Å². The van der Waals surface area contributed by atoms with Crippen LogP contribution in [-0.4, -0.2) is 29.4 Å². The number of aromatic nitrogens is 2. The molecule has 0 unspecified atom stereocenters. The van der Waals surface area contributed by atoms with E-state index in [4.69, 9.17) is 0 Å². The van der Waals surface area contributed by atoms with Crippen LogP contribution in [0, 0.1) is 0 Å². The molecule has 0 radical (unpaired) electrons. The molecule has 0 spiro atoms. The SMILES string of the molecule is C=CCn1ncc(NCC(=O)OC)c(Br)c1=O. The molecule has 0 atom stereocenters.